The Morgan fingerprint density at radius 2 is 2.18 bits per heavy atom. The minimum Gasteiger partial charge on any atom is -0.496 e. The lowest BCUT2D eigenvalue weighted by Crippen LogP contribution is -2.35. The first-order valence-electron chi connectivity index (χ1n) is 5.00. The Labute approximate surface area is 107 Å². The van der Waals surface area contributed by atoms with Gasteiger partial charge in [-0.05, 0) is 18.2 Å². The lowest BCUT2D eigenvalue weighted by molar-refractivity contribution is -0.0478. The predicted octanol–water partition coefficient (Wildman–Crippen LogP) is 2.17. The first-order chi connectivity index (χ1) is 7.98. The molecule has 0 atom stereocenters. The molecule has 0 spiro atoms. The van der Waals surface area contributed by atoms with Crippen LogP contribution in [0.2, 0.25) is 0 Å². The van der Waals surface area contributed by atoms with Crippen molar-refractivity contribution in [3.63, 3.8) is 0 Å². The van der Waals surface area contributed by atoms with Crippen molar-refractivity contribution in [2.75, 3.05) is 20.3 Å². The number of hydrogen-bond donors (Lipinski definition) is 2. The van der Waals surface area contributed by atoms with Gasteiger partial charge in [0, 0.05) is 16.6 Å². The smallest absolute Gasteiger partial charge is 0.282 e. The zero-order valence-electron chi connectivity index (χ0n) is 9.34. The van der Waals surface area contributed by atoms with Crippen LogP contribution in [-0.4, -0.2) is 31.3 Å². The molecule has 0 amide bonds. The van der Waals surface area contributed by atoms with Crippen LogP contribution in [0.1, 0.15) is 5.56 Å². The fourth-order valence-corrected chi connectivity index (χ4v) is 1.73. The number of alkyl halides is 2. The highest BCUT2D eigenvalue weighted by atomic mass is 79.9. The largest absolute Gasteiger partial charge is 0.496 e. The van der Waals surface area contributed by atoms with E-state index >= 15 is 0 Å². The van der Waals surface area contributed by atoms with Gasteiger partial charge in [0.15, 0.2) is 0 Å². The van der Waals surface area contributed by atoms with E-state index in [-0.39, 0.29) is 6.54 Å². The second-order valence-corrected chi connectivity index (χ2v) is 4.49. The van der Waals surface area contributed by atoms with E-state index in [0.29, 0.717) is 5.75 Å². The SMILES string of the molecule is COc1ccc(Br)cc1CNCC(F)(F)CO. The number of aliphatic hydroxyl groups is 1. The van der Waals surface area contributed by atoms with Crippen molar-refractivity contribution < 1.29 is 18.6 Å². The van der Waals surface area contributed by atoms with Crippen molar-refractivity contribution in [3.8, 4) is 5.75 Å². The highest BCUT2D eigenvalue weighted by molar-refractivity contribution is 9.10. The Morgan fingerprint density at radius 1 is 1.47 bits per heavy atom. The van der Waals surface area contributed by atoms with Crippen LogP contribution in [0.25, 0.3) is 0 Å². The van der Waals surface area contributed by atoms with Crippen molar-refractivity contribution in [2.45, 2.75) is 12.5 Å². The maximum atomic E-state index is 12.8. The van der Waals surface area contributed by atoms with Gasteiger partial charge in [-0.25, -0.2) is 8.78 Å². The molecule has 0 aliphatic heterocycles. The topological polar surface area (TPSA) is 41.5 Å². The highest BCUT2D eigenvalue weighted by Crippen LogP contribution is 2.23. The quantitative estimate of drug-likeness (QED) is 0.846. The number of nitrogens with one attached hydrogen (secondary N) is 1. The third-order valence-electron chi connectivity index (χ3n) is 2.17. The highest BCUT2D eigenvalue weighted by Gasteiger charge is 2.26. The van der Waals surface area contributed by atoms with Crippen LogP contribution in [0, 0.1) is 0 Å². The fourth-order valence-electron chi connectivity index (χ4n) is 1.32. The van der Waals surface area contributed by atoms with E-state index in [0.717, 1.165) is 10.0 Å². The van der Waals surface area contributed by atoms with Crippen molar-refractivity contribution in [2.24, 2.45) is 0 Å². The summed E-state index contributed by atoms with van der Waals surface area (Å²) in [6.45, 7) is -1.48. The second-order valence-electron chi connectivity index (χ2n) is 3.57. The molecule has 0 saturated heterocycles. The third-order valence-corrected chi connectivity index (χ3v) is 2.67. The molecular formula is C11H14BrF2NO2. The van der Waals surface area contributed by atoms with Crippen LogP contribution in [0.4, 0.5) is 8.78 Å². The van der Waals surface area contributed by atoms with Gasteiger partial charge in [0.25, 0.3) is 5.92 Å². The molecule has 0 aliphatic rings. The lowest BCUT2D eigenvalue weighted by Gasteiger charge is -2.15. The summed E-state index contributed by atoms with van der Waals surface area (Å²) in [7, 11) is 1.52. The summed E-state index contributed by atoms with van der Waals surface area (Å²) in [6, 6.07) is 5.36. The molecular weight excluding hydrogens is 296 g/mol. The molecule has 6 heteroatoms. The summed E-state index contributed by atoms with van der Waals surface area (Å²) in [5, 5.41) is 11.0. The first-order valence-corrected chi connectivity index (χ1v) is 5.79. The van der Waals surface area contributed by atoms with Gasteiger partial charge >= 0.3 is 0 Å². The molecule has 96 valence electrons. The predicted molar refractivity (Wildman–Crippen MR) is 64.4 cm³/mol. The molecule has 3 nitrogen and oxygen atoms in total. The van der Waals surface area contributed by atoms with Crippen LogP contribution in [0.3, 0.4) is 0 Å². The molecule has 2 N–H and O–H groups in total. The monoisotopic (exact) mass is 309 g/mol. The van der Waals surface area contributed by atoms with Crippen molar-refractivity contribution in [1.29, 1.82) is 0 Å². The first kappa shape index (κ1) is 14.3. The number of hydrogen-bond acceptors (Lipinski definition) is 3. The number of rotatable bonds is 6. The minimum absolute atomic E-state index is 0.248. The Morgan fingerprint density at radius 3 is 2.76 bits per heavy atom. The van der Waals surface area contributed by atoms with E-state index in [1.54, 1.807) is 12.1 Å². The van der Waals surface area contributed by atoms with Gasteiger partial charge in [-0.15, -0.1) is 0 Å². The van der Waals surface area contributed by atoms with Crippen LogP contribution in [-0.2, 0) is 6.54 Å². The molecule has 0 heterocycles. The molecule has 1 aromatic rings. The minimum atomic E-state index is -3.10. The summed E-state index contributed by atoms with van der Waals surface area (Å²) >= 11 is 3.30. The van der Waals surface area contributed by atoms with Crippen LogP contribution in [0.15, 0.2) is 22.7 Å². The van der Waals surface area contributed by atoms with Gasteiger partial charge in [-0.1, -0.05) is 15.9 Å². The van der Waals surface area contributed by atoms with E-state index in [1.165, 1.54) is 7.11 Å². The Kier molecular flexibility index (Phi) is 5.30. The number of benzene rings is 1. The molecule has 0 aromatic heterocycles. The Hall–Kier alpha value is -0.720. The standard InChI is InChI=1S/C11H14BrF2NO2/c1-17-10-3-2-9(12)4-8(10)5-15-6-11(13,14)7-16/h2-4,15-16H,5-7H2,1H3. The zero-order valence-corrected chi connectivity index (χ0v) is 10.9. The molecule has 0 saturated carbocycles. The van der Waals surface area contributed by atoms with Crippen LogP contribution >= 0.6 is 15.9 Å². The maximum Gasteiger partial charge on any atom is 0.282 e. The molecule has 0 bridgehead atoms. The van der Waals surface area contributed by atoms with E-state index in [9.17, 15) is 8.78 Å². The number of halogens is 3. The molecule has 0 radical (unpaired) electrons. The average Bonchev–Trinajstić information content (AvgIpc) is 2.29. The van der Waals surface area contributed by atoms with E-state index < -0.39 is 19.1 Å². The van der Waals surface area contributed by atoms with Gasteiger partial charge in [-0.2, -0.15) is 0 Å². The van der Waals surface area contributed by atoms with Crippen LogP contribution < -0.4 is 10.1 Å². The van der Waals surface area contributed by atoms with Crippen molar-refractivity contribution >= 4 is 15.9 Å². The maximum absolute atomic E-state index is 12.8. The van der Waals surface area contributed by atoms with Gasteiger partial charge in [0.05, 0.1) is 13.7 Å². The number of aliphatic hydroxyl groups excluding tert-OH is 1. The summed E-state index contributed by atoms with van der Waals surface area (Å²) < 4.78 is 31.5. The molecule has 17 heavy (non-hydrogen) atoms. The van der Waals surface area contributed by atoms with Gasteiger partial charge in [0.2, 0.25) is 0 Å². The summed E-state index contributed by atoms with van der Waals surface area (Å²) in [6.07, 6.45) is 0. The molecule has 0 unspecified atom stereocenters. The summed E-state index contributed by atoms with van der Waals surface area (Å²) in [4.78, 5) is 0. The molecule has 1 aromatic carbocycles. The van der Waals surface area contributed by atoms with Crippen LogP contribution in [0.5, 0.6) is 5.75 Å². The average molecular weight is 310 g/mol. The summed E-state index contributed by atoms with van der Waals surface area (Å²) in [5.74, 6) is -2.47. The molecule has 1 rings (SSSR count). The molecule has 0 aliphatic carbocycles. The van der Waals surface area contributed by atoms with Gasteiger partial charge < -0.3 is 15.2 Å². The van der Waals surface area contributed by atoms with E-state index in [2.05, 4.69) is 21.2 Å². The zero-order chi connectivity index (χ0) is 12.9. The second kappa shape index (κ2) is 6.28. The lowest BCUT2D eigenvalue weighted by atomic mass is 10.2. The number of methoxy groups -OCH3 is 1. The number of ether oxygens (including phenoxy) is 1. The Balaban J connectivity index is 2.59. The van der Waals surface area contributed by atoms with E-state index in [1.807, 2.05) is 6.07 Å². The van der Waals surface area contributed by atoms with E-state index in [4.69, 9.17) is 9.84 Å². The Bertz CT molecular complexity index is 374. The molecule has 0 fully saturated rings. The van der Waals surface area contributed by atoms with Crippen molar-refractivity contribution in [3.05, 3.63) is 28.2 Å². The third kappa shape index (κ3) is 4.57. The van der Waals surface area contributed by atoms with Crippen molar-refractivity contribution in [1.82, 2.24) is 5.32 Å². The fraction of sp³-hybridized carbons (Fsp3) is 0.455. The van der Waals surface area contributed by atoms with Gasteiger partial charge in [-0.3, -0.25) is 0 Å². The normalized spacial score (nSPS) is 11.6. The summed E-state index contributed by atoms with van der Waals surface area (Å²) in [5.41, 5.74) is 0.774. The van der Waals surface area contributed by atoms with Gasteiger partial charge in [0.1, 0.15) is 12.4 Å².